The van der Waals surface area contributed by atoms with Gasteiger partial charge < -0.3 is 10.1 Å². The molecule has 0 aromatic carbocycles. The first-order valence-corrected chi connectivity index (χ1v) is 7.22. The smallest absolute Gasteiger partial charge is 0.350 e. The van der Waals surface area contributed by atoms with Crippen LogP contribution >= 0.6 is 11.3 Å². The summed E-state index contributed by atoms with van der Waals surface area (Å²) in [5.41, 5.74) is 3.28. The summed E-state index contributed by atoms with van der Waals surface area (Å²) < 4.78 is 6.39. The summed E-state index contributed by atoms with van der Waals surface area (Å²) in [7, 11) is 3.10. The van der Waals surface area contributed by atoms with Crippen molar-refractivity contribution in [2.75, 3.05) is 12.4 Å². The van der Waals surface area contributed by atoms with Gasteiger partial charge >= 0.3 is 5.97 Å². The van der Waals surface area contributed by atoms with Gasteiger partial charge in [-0.2, -0.15) is 5.10 Å². The van der Waals surface area contributed by atoms with Gasteiger partial charge in [0.15, 0.2) is 0 Å². The number of anilines is 1. The van der Waals surface area contributed by atoms with Crippen LogP contribution in [0.15, 0.2) is 5.38 Å². The number of amides is 1. The fraction of sp³-hybridized carbons (Fsp3) is 0.357. The Morgan fingerprint density at radius 3 is 2.52 bits per heavy atom. The number of rotatable bonds is 3. The van der Waals surface area contributed by atoms with Crippen molar-refractivity contribution in [2.45, 2.75) is 20.8 Å². The molecular weight excluding hydrogens is 290 g/mol. The molecule has 6 nitrogen and oxygen atoms in total. The van der Waals surface area contributed by atoms with Crippen molar-refractivity contribution in [3.63, 3.8) is 0 Å². The molecule has 0 unspecified atom stereocenters. The zero-order chi connectivity index (χ0) is 15.7. The Balaban J connectivity index is 2.36. The molecule has 21 heavy (non-hydrogen) atoms. The molecule has 2 rings (SSSR count). The van der Waals surface area contributed by atoms with Crippen LogP contribution < -0.4 is 5.32 Å². The average molecular weight is 307 g/mol. The normalized spacial score (nSPS) is 10.5. The maximum Gasteiger partial charge on any atom is 0.350 e. The molecule has 1 N–H and O–H groups in total. The van der Waals surface area contributed by atoms with Crippen LogP contribution in [0.3, 0.4) is 0 Å². The first-order chi connectivity index (χ1) is 9.86. The number of carbonyl (C=O) groups is 2. The largest absolute Gasteiger partial charge is 0.465 e. The van der Waals surface area contributed by atoms with E-state index < -0.39 is 5.97 Å². The van der Waals surface area contributed by atoms with Gasteiger partial charge in [-0.25, -0.2) is 4.79 Å². The van der Waals surface area contributed by atoms with E-state index in [1.165, 1.54) is 18.4 Å². The number of hydrogen-bond acceptors (Lipinski definition) is 5. The van der Waals surface area contributed by atoms with Gasteiger partial charge in [-0.1, -0.05) is 0 Å². The number of ether oxygens (including phenoxy) is 1. The number of aromatic nitrogens is 2. The van der Waals surface area contributed by atoms with Gasteiger partial charge in [0.05, 0.1) is 24.1 Å². The van der Waals surface area contributed by atoms with Gasteiger partial charge in [-0.3, -0.25) is 9.48 Å². The second-order valence-corrected chi connectivity index (χ2v) is 5.62. The zero-order valence-corrected chi connectivity index (χ0v) is 13.4. The van der Waals surface area contributed by atoms with E-state index in [4.69, 9.17) is 4.74 Å². The van der Waals surface area contributed by atoms with Crippen molar-refractivity contribution >= 4 is 28.9 Å². The van der Waals surface area contributed by atoms with Crippen LogP contribution in [0.5, 0.6) is 0 Å². The van der Waals surface area contributed by atoms with Crippen LogP contribution in [-0.4, -0.2) is 28.8 Å². The molecular formula is C14H17N3O3S. The number of esters is 1. The highest BCUT2D eigenvalue weighted by atomic mass is 32.1. The van der Waals surface area contributed by atoms with Crippen LogP contribution in [0.4, 0.5) is 5.69 Å². The molecule has 7 heteroatoms. The predicted octanol–water partition coefficient (Wildman–Crippen LogP) is 2.45. The van der Waals surface area contributed by atoms with Crippen molar-refractivity contribution in [2.24, 2.45) is 7.05 Å². The monoisotopic (exact) mass is 307 g/mol. The first kappa shape index (κ1) is 15.2. The fourth-order valence-corrected chi connectivity index (χ4v) is 3.04. The average Bonchev–Trinajstić information content (AvgIpc) is 2.90. The molecule has 0 aliphatic heterocycles. The molecule has 0 saturated heterocycles. The second kappa shape index (κ2) is 5.69. The SMILES string of the molecule is COC(=O)c1scc(C)c1NC(=O)c1c(C)nn(C)c1C. The number of methoxy groups -OCH3 is 1. The first-order valence-electron chi connectivity index (χ1n) is 6.34. The Morgan fingerprint density at radius 1 is 1.33 bits per heavy atom. The second-order valence-electron chi connectivity index (χ2n) is 4.74. The van der Waals surface area contributed by atoms with Gasteiger partial charge in [-0.15, -0.1) is 11.3 Å². The molecule has 0 fully saturated rings. The van der Waals surface area contributed by atoms with Crippen molar-refractivity contribution in [3.05, 3.63) is 32.8 Å². The molecule has 112 valence electrons. The van der Waals surface area contributed by atoms with Gasteiger partial charge in [0.2, 0.25) is 0 Å². The molecule has 2 aromatic heterocycles. The lowest BCUT2D eigenvalue weighted by atomic mass is 10.1. The highest BCUT2D eigenvalue weighted by Gasteiger charge is 2.22. The number of nitrogens with one attached hydrogen (secondary N) is 1. The molecule has 0 radical (unpaired) electrons. The van der Waals surface area contributed by atoms with E-state index >= 15 is 0 Å². The minimum absolute atomic E-state index is 0.273. The lowest BCUT2D eigenvalue weighted by Gasteiger charge is -2.07. The summed E-state index contributed by atoms with van der Waals surface area (Å²) in [4.78, 5) is 24.6. The summed E-state index contributed by atoms with van der Waals surface area (Å²) in [5.74, 6) is -0.729. The van der Waals surface area contributed by atoms with Crippen molar-refractivity contribution < 1.29 is 14.3 Å². The van der Waals surface area contributed by atoms with Gasteiger partial charge in [-0.05, 0) is 31.7 Å². The third kappa shape index (κ3) is 2.69. The molecule has 0 saturated carbocycles. The van der Waals surface area contributed by atoms with Gasteiger partial charge in [0.25, 0.3) is 5.91 Å². The number of carbonyl (C=O) groups excluding carboxylic acids is 2. The lowest BCUT2D eigenvalue weighted by Crippen LogP contribution is -2.16. The highest BCUT2D eigenvalue weighted by Crippen LogP contribution is 2.29. The maximum atomic E-state index is 12.5. The Bertz CT molecular complexity index is 715. The molecule has 1 amide bonds. The quantitative estimate of drug-likeness (QED) is 0.884. The third-order valence-corrected chi connectivity index (χ3v) is 4.40. The molecule has 0 spiro atoms. The van der Waals surface area contributed by atoms with E-state index in [0.29, 0.717) is 21.8 Å². The maximum absolute atomic E-state index is 12.5. The number of aryl methyl sites for hydroxylation is 3. The van der Waals surface area contributed by atoms with Crippen LogP contribution in [0.25, 0.3) is 0 Å². The van der Waals surface area contributed by atoms with E-state index in [1.54, 1.807) is 18.7 Å². The van der Waals surface area contributed by atoms with E-state index in [2.05, 4.69) is 10.4 Å². The lowest BCUT2D eigenvalue weighted by molar-refractivity contribution is 0.0607. The number of thiophene rings is 1. The Kier molecular flexibility index (Phi) is 4.13. The number of nitrogens with zero attached hydrogens (tertiary/aromatic N) is 2. The highest BCUT2D eigenvalue weighted by molar-refractivity contribution is 7.12. The minimum atomic E-state index is -0.456. The predicted molar refractivity (Wildman–Crippen MR) is 81.0 cm³/mol. The zero-order valence-electron chi connectivity index (χ0n) is 12.6. The van der Waals surface area contributed by atoms with E-state index in [9.17, 15) is 9.59 Å². The summed E-state index contributed by atoms with van der Waals surface area (Å²) >= 11 is 1.25. The van der Waals surface area contributed by atoms with Crippen molar-refractivity contribution in [3.8, 4) is 0 Å². The van der Waals surface area contributed by atoms with Gasteiger partial charge in [0.1, 0.15) is 4.88 Å². The van der Waals surface area contributed by atoms with E-state index in [0.717, 1.165) is 11.3 Å². The van der Waals surface area contributed by atoms with E-state index in [-0.39, 0.29) is 5.91 Å². The third-order valence-electron chi connectivity index (χ3n) is 3.32. The molecule has 2 aromatic rings. The van der Waals surface area contributed by atoms with Crippen LogP contribution in [-0.2, 0) is 11.8 Å². The van der Waals surface area contributed by atoms with Crippen molar-refractivity contribution in [1.29, 1.82) is 0 Å². The molecule has 0 bridgehead atoms. The Morgan fingerprint density at radius 2 is 2.00 bits per heavy atom. The molecule has 0 atom stereocenters. The van der Waals surface area contributed by atoms with Crippen LogP contribution in [0, 0.1) is 20.8 Å². The molecule has 0 aliphatic rings. The number of hydrogen-bond donors (Lipinski definition) is 1. The summed E-state index contributed by atoms with van der Waals surface area (Å²) in [6, 6.07) is 0. The molecule has 2 heterocycles. The van der Waals surface area contributed by atoms with E-state index in [1.807, 2.05) is 19.2 Å². The topological polar surface area (TPSA) is 73.2 Å². The standard InChI is InChI=1S/C14H17N3O3S/c1-7-6-21-12(14(19)20-5)11(7)15-13(18)10-8(2)16-17(4)9(10)3/h6H,1-5H3,(H,15,18). The Hall–Kier alpha value is -2.15. The summed E-state index contributed by atoms with van der Waals surface area (Å²) in [6.45, 7) is 5.45. The Labute approximate surface area is 126 Å². The van der Waals surface area contributed by atoms with Crippen LogP contribution in [0.2, 0.25) is 0 Å². The summed E-state index contributed by atoms with van der Waals surface area (Å²) in [6.07, 6.45) is 0. The van der Waals surface area contributed by atoms with Gasteiger partial charge in [0, 0.05) is 12.7 Å². The fourth-order valence-electron chi connectivity index (χ4n) is 2.12. The molecule has 0 aliphatic carbocycles. The van der Waals surface area contributed by atoms with Crippen molar-refractivity contribution in [1.82, 2.24) is 9.78 Å². The summed E-state index contributed by atoms with van der Waals surface area (Å²) in [5, 5.41) is 8.84. The van der Waals surface area contributed by atoms with Crippen LogP contribution in [0.1, 0.15) is 37.0 Å². The minimum Gasteiger partial charge on any atom is -0.465 e.